The molecule has 1 aromatic heterocycles. The summed E-state index contributed by atoms with van der Waals surface area (Å²) in [5, 5.41) is 16.2. The molecule has 0 saturated carbocycles. The van der Waals surface area contributed by atoms with Crippen LogP contribution in [-0.4, -0.2) is 32.3 Å². The van der Waals surface area contributed by atoms with Crippen LogP contribution in [0.2, 0.25) is 0 Å². The largest absolute Gasteiger partial charge is 0.481 e. The molecule has 0 spiro atoms. The third-order valence-corrected chi connectivity index (χ3v) is 4.40. The number of nitrogens with one attached hydrogen (secondary N) is 1. The SMILES string of the molecule is Cc1ccccc1-n1cc(C(=O)NC(C)(CC(=O)O)C(C)C)cn1. The Morgan fingerprint density at radius 1 is 1.33 bits per heavy atom. The van der Waals surface area contributed by atoms with Crippen LogP contribution in [0.5, 0.6) is 0 Å². The van der Waals surface area contributed by atoms with Gasteiger partial charge in [0.15, 0.2) is 0 Å². The van der Waals surface area contributed by atoms with E-state index in [1.54, 1.807) is 17.8 Å². The Morgan fingerprint density at radius 2 is 2.00 bits per heavy atom. The number of para-hydroxylation sites is 1. The third kappa shape index (κ3) is 3.82. The van der Waals surface area contributed by atoms with Crippen LogP contribution in [0.3, 0.4) is 0 Å². The summed E-state index contributed by atoms with van der Waals surface area (Å²) in [4.78, 5) is 23.6. The van der Waals surface area contributed by atoms with Gasteiger partial charge in [-0.15, -0.1) is 0 Å². The molecule has 2 aromatic rings. The molecule has 24 heavy (non-hydrogen) atoms. The van der Waals surface area contributed by atoms with Crippen LogP contribution in [0.15, 0.2) is 36.7 Å². The molecule has 0 saturated heterocycles. The van der Waals surface area contributed by atoms with Crippen molar-refractivity contribution < 1.29 is 14.7 Å². The van der Waals surface area contributed by atoms with Crippen LogP contribution in [0.25, 0.3) is 5.69 Å². The normalized spacial score (nSPS) is 13.5. The van der Waals surface area contributed by atoms with Gasteiger partial charge in [-0.3, -0.25) is 9.59 Å². The van der Waals surface area contributed by atoms with E-state index in [1.165, 1.54) is 6.20 Å². The summed E-state index contributed by atoms with van der Waals surface area (Å²) in [5.74, 6) is -1.29. The number of carboxylic acid groups (broad SMARTS) is 1. The summed E-state index contributed by atoms with van der Waals surface area (Å²) < 4.78 is 1.65. The first-order chi connectivity index (χ1) is 11.2. The lowest BCUT2D eigenvalue weighted by atomic mass is 9.85. The molecule has 128 valence electrons. The molecule has 0 fully saturated rings. The molecule has 1 unspecified atom stereocenters. The minimum Gasteiger partial charge on any atom is -0.481 e. The summed E-state index contributed by atoms with van der Waals surface area (Å²) in [7, 11) is 0. The van der Waals surface area contributed by atoms with Crippen molar-refractivity contribution in [3.8, 4) is 5.69 Å². The van der Waals surface area contributed by atoms with E-state index < -0.39 is 11.5 Å². The van der Waals surface area contributed by atoms with E-state index in [0.717, 1.165) is 11.3 Å². The Hall–Kier alpha value is -2.63. The van der Waals surface area contributed by atoms with Crippen LogP contribution in [0.1, 0.15) is 43.1 Å². The molecule has 2 N–H and O–H groups in total. The first-order valence-corrected chi connectivity index (χ1v) is 7.88. The number of nitrogens with zero attached hydrogens (tertiary/aromatic N) is 2. The van der Waals surface area contributed by atoms with E-state index in [-0.39, 0.29) is 18.2 Å². The summed E-state index contributed by atoms with van der Waals surface area (Å²) in [6.45, 7) is 7.49. The highest BCUT2D eigenvalue weighted by molar-refractivity contribution is 5.94. The molecule has 6 heteroatoms. The predicted molar refractivity (Wildman–Crippen MR) is 91.3 cm³/mol. The number of amides is 1. The lowest BCUT2D eigenvalue weighted by molar-refractivity contribution is -0.138. The van der Waals surface area contributed by atoms with Gasteiger partial charge in [0.25, 0.3) is 5.91 Å². The van der Waals surface area contributed by atoms with Crippen LogP contribution in [-0.2, 0) is 4.79 Å². The number of aryl methyl sites for hydroxylation is 1. The highest BCUT2D eigenvalue weighted by atomic mass is 16.4. The van der Waals surface area contributed by atoms with Crippen LogP contribution < -0.4 is 5.32 Å². The van der Waals surface area contributed by atoms with E-state index in [1.807, 2.05) is 45.0 Å². The van der Waals surface area contributed by atoms with Crippen molar-refractivity contribution in [2.75, 3.05) is 0 Å². The molecule has 1 amide bonds. The fourth-order valence-electron chi connectivity index (χ4n) is 2.43. The van der Waals surface area contributed by atoms with Crippen LogP contribution >= 0.6 is 0 Å². The van der Waals surface area contributed by atoms with Gasteiger partial charge in [-0.2, -0.15) is 5.10 Å². The van der Waals surface area contributed by atoms with Crippen molar-refractivity contribution in [1.29, 1.82) is 0 Å². The zero-order valence-corrected chi connectivity index (χ0v) is 14.4. The summed E-state index contributed by atoms with van der Waals surface area (Å²) in [6, 6.07) is 7.74. The second-order valence-electron chi connectivity index (χ2n) is 6.56. The molecule has 0 aliphatic rings. The van der Waals surface area contributed by atoms with Gasteiger partial charge in [-0.05, 0) is 31.4 Å². The summed E-state index contributed by atoms with van der Waals surface area (Å²) in [6.07, 6.45) is 3.00. The topological polar surface area (TPSA) is 84.2 Å². The molecule has 6 nitrogen and oxygen atoms in total. The van der Waals surface area contributed by atoms with Crippen molar-refractivity contribution in [1.82, 2.24) is 15.1 Å². The van der Waals surface area contributed by atoms with Gasteiger partial charge in [-0.25, -0.2) is 4.68 Å². The van der Waals surface area contributed by atoms with E-state index in [2.05, 4.69) is 10.4 Å². The number of carboxylic acids is 1. The minimum atomic E-state index is -0.942. The maximum atomic E-state index is 12.5. The highest BCUT2D eigenvalue weighted by Crippen LogP contribution is 2.22. The van der Waals surface area contributed by atoms with Gasteiger partial charge in [-0.1, -0.05) is 32.0 Å². The predicted octanol–water partition coefficient (Wildman–Crippen LogP) is 2.80. The van der Waals surface area contributed by atoms with Crippen LogP contribution in [0, 0.1) is 12.8 Å². The molecule has 0 aliphatic carbocycles. The van der Waals surface area contributed by atoms with Crippen molar-refractivity contribution >= 4 is 11.9 Å². The monoisotopic (exact) mass is 329 g/mol. The van der Waals surface area contributed by atoms with Gasteiger partial charge in [0.1, 0.15) is 0 Å². The van der Waals surface area contributed by atoms with Gasteiger partial charge in [0.05, 0.1) is 29.4 Å². The molecule has 0 bridgehead atoms. The lowest BCUT2D eigenvalue weighted by Crippen LogP contribution is -2.51. The number of carbonyl (C=O) groups excluding carboxylic acids is 1. The molecule has 0 aliphatic heterocycles. The molecular formula is C18H23N3O3. The molecule has 0 radical (unpaired) electrons. The average molecular weight is 329 g/mol. The number of carbonyl (C=O) groups is 2. The fourth-order valence-corrected chi connectivity index (χ4v) is 2.43. The Kier molecular flexibility index (Phi) is 5.07. The summed E-state index contributed by atoms with van der Waals surface area (Å²) >= 11 is 0. The number of aromatic nitrogens is 2. The molecule has 1 atom stereocenters. The van der Waals surface area contributed by atoms with E-state index in [4.69, 9.17) is 5.11 Å². The average Bonchev–Trinajstić information content (AvgIpc) is 2.96. The molecule has 1 heterocycles. The number of aliphatic carboxylic acids is 1. The Morgan fingerprint density at radius 3 is 2.58 bits per heavy atom. The van der Waals surface area contributed by atoms with Crippen molar-refractivity contribution in [2.45, 2.75) is 39.7 Å². The van der Waals surface area contributed by atoms with Crippen LogP contribution in [0.4, 0.5) is 0 Å². The molecule has 1 aromatic carbocycles. The number of hydrogen-bond acceptors (Lipinski definition) is 3. The van der Waals surface area contributed by atoms with Crippen molar-refractivity contribution in [2.24, 2.45) is 5.92 Å². The fraction of sp³-hybridized carbons (Fsp3) is 0.389. The Labute approximate surface area is 141 Å². The zero-order valence-electron chi connectivity index (χ0n) is 14.4. The van der Waals surface area contributed by atoms with Gasteiger partial charge in [0, 0.05) is 6.20 Å². The molecular weight excluding hydrogens is 306 g/mol. The number of hydrogen-bond donors (Lipinski definition) is 2. The van der Waals surface area contributed by atoms with Crippen molar-refractivity contribution in [3.63, 3.8) is 0 Å². The maximum Gasteiger partial charge on any atom is 0.305 e. The highest BCUT2D eigenvalue weighted by Gasteiger charge is 2.33. The summed E-state index contributed by atoms with van der Waals surface area (Å²) in [5.41, 5.74) is 1.52. The Balaban J connectivity index is 2.22. The van der Waals surface area contributed by atoms with E-state index in [0.29, 0.717) is 5.56 Å². The second kappa shape index (κ2) is 6.86. The van der Waals surface area contributed by atoms with Crippen molar-refractivity contribution in [3.05, 3.63) is 47.8 Å². The third-order valence-electron chi connectivity index (χ3n) is 4.40. The minimum absolute atomic E-state index is 0.0241. The lowest BCUT2D eigenvalue weighted by Gasteiger charge is -2.33. The number of benzene rings is 1. The number of rotatable bonds is 6. The Bertz CT molecular complexity index is 751. The quantitative estimate of drug-likeness (QED) is 0.853. The smallest absolute Gasteiger partial charge is 0.305 e. The molecule has 2 rings (SSSR count). The van der Waals surface area contributed by atoms with Gasteiger partial charge < -0.3 is 10.4 Å². The maximum absolute atomic E-state index is 12.5. The second-order valence-corrected chi connectivity index (χ2v) is 6.56. The standard InChI is InChI=1S/C18H23N3O3/c1-12(2)18(4,9-16(22)23)20-17(24)14-10-19-21(11-14)15-8-6-5-7-13(15)3/h5-8,10-12H,9H2,1-4H3,(H,20,24)(H,22,23). The van der Waals surface area contributed by atoms with Gasteiger partial charge >= 0.3 is 5.97 Å². The van der Waals surface area contributed by atoms with E-state index >= 15 is 0 Å². The zero-order chi connectivity index (χ0) is 17.9. The van der Waals surface area contributed by atoms with Gasteiger partial charge in [0.2, 0.25) is 0 Å². The first-order valence-electron chi connectivity index (χ1n) is 7.88. The van der Waals surface area contributed by atoms with E-state index in [9.17, 15) is 9.59 Å². The first kappa shape index (κ1) is 17.7.